The zero-order valence-corrected chi connectivity index (χ0v) is 12.9. The lowest BCUT2D eigenvalue weighted by Crippen LogP contribution is -2.29. The van der Waals surface area contributed by atoms with Crippen LogP contribution >= 0.6 is 0 Å². The number of carbonyl (C=O) groups excluding carboxylic acids is 1. The SMILES string of the molecule is COc1cc(/C=C2/N=C(C3CCCC3)NC2=O)cc(OC)c1. The van der Waals surface area contributed by atoms with Crippen molar-refractivity contribution in [2.75, 3.05) is 14.2 Å². The van der Waals surface area contributed by atoms with E-state index < -0.39 is 0 Å². The molecule has 0 radical (unpaired) electrons. The quantitative estimate of drug-likeness (QED) is 0.870. The third-order valence-corrected chi connectivity index (χ3v) is 4.13. The molecule has 1 N–H and O–H groups in total. The summed E-state index contributed by atoms with van der Waals surface area (Å²) in [6.45, 7) is 0. The zero-order valence-electron chi connectivity index (χ0n) is 12.9. The first kappa shape index (κ1) is 14.6. The van der Waals surface area contributed by atoms with Crippen LogP contribution in [0.15, 0.2) is 28.9 Å². The Morgan fingerprint density at radius 1 is 1.14 bits per heavy atom. The second-order valence-electron chi connectivity index (χ2n) is 5.61. The van der Waals surface area contributed by atoms with Crippen molar-refractivity contribution < 1.29 is 14.3 Å². The van der Waals surface area contributed by atoms with Crippen molar-refractivity contribution in [1.82, 2.24) is 5.32 Å². The normalized spacial score (nSPS) is 20.2. The number of amidine groups is 1. The molecule has 0 atom stereocenters. The van der Waals surface area contributed by atoms with E-state index in [1.165, 1.54) is 12.8 Å². The van der Waals surface area contributed by atoms with E-state index in [4.69, 9.17) is 9.47 Å². The van der Waals surface area contributed by atoms with Crippen molar-refractivity contribution in [3.8, 4) is 11.5 Å². The number of amides is 1. The van der Waals surface area contributed by atoms with Crippen LogP contribution in [0, 0.1) is 5.92 Å². The lowest BCUT2D eigenvalue weighted by molar-refractivity contribution is -0.115. The van der Waals surface area contributed by atoms with Gasteiger partial charge in [0, 0.05) is 12.0 Å². The minimum Gasteiger partial charge on any atom is -0.497 e. The number of benzene rings is 1. The van der Waals surface area contributed by atoms with Crippen LogP contribution in [0.5, 0.6) is 11.5 Å². The molecule has 1 aromatic carbocycles. The van der Waals surface area contributed by atoms with Crippen LogP contribution in [0.1, 0.15) is 31.2 Å². The van der Waals surface area contributed by atoms with Crippen LogP contribution in [0.25, 0.3) is 6.08 Å². The molecule has 116 valence electrons. The van der Waals surface area contributed by atoms with Gasteiger partial charge in [0.2, 0.25) is 0 Å². The largest absolute Gasteiger partial charge is 0.497 e. The summed E-state index contributed by atoms with van der Waals surface area (Å²) in [7, 11) is 3.20. The number of hydrogen-bond acceptors (Lipinski definition) is 4. The molecule has 1 aromatic rings. The van der Waals surface area contributed by atoms with E-state index in [2.05, 4.69) is 10.3 Å². The molecule has 3 rings (SSSR count). The summed E-state index contributed by atoms with van der Waals surface area (Å²) in [5.41, 5.74) is 1.27. The van der Waals surface area contributed by atoms with Crippen molar-refractivity contribution in [3.05, 3.63) is 29.5 Å². The minimum absolute atomic E-state index is 0.135. The topological polar surface area (TPSA) is 59.9 Å². The Hall–Kier alpha value is -2.30. The molecule has 1 amide bonds. The maximum Gasteiger partial charge on any atom is 0.275 e. The van der Waals surface area contributed by atoms with Crippen LogP contribution in [0.4, 0.5) is 0 Å². The zero-order chi connectivity index (χ0) is 15.5. The Labute approximate surface area is 130 Å². The molecular formula is C17H20N2O3. The highest BCUT2D eigenvalue weighted by molar-refractivity contribution is 6.15. The molecule has 0 bridgehead atoms. The van der Waals surface area contributed by atoms with Gasteiger partial charge in [0.05, 0.1) is 14.2 Å². The minimum atomic E-state index is -0.135. The molecule has 5 heteroatoms. The molecule has 0 spiro atoms. The van der Waals surface area contributed by atoms with Crippen LogP contribution in [-0.4, -0.2) is 26.0 Å². The van der Waals surface area contributed by atoms with Gasteiger partial charge in [0.15, 0.2) is 0 Å². The van der Waals surface area contributed by atoms with Gasteiger partial charge >= 0.3 is 0 Å². The van der Waals surface area contributed by atoms with E-state index in [1.54, 1.807) is 26.4 Å². The summed E-state index contributed by atoms with van der Waals surface area (Å²) < 4.78 is 10.5. The molecule has 0 unspecified atom stereocenters. The second kappa shape index (κ2) is 6.22. The summed E-state index contributed by atoms with van der Waals surface area (Å²) in [4.78, 5) is 16.6. The number of hydrogen-bond donors (Lipinski definition) is 1. The van der Waals surface area contributed by atoms with Crippen molar-refractivity contribution in [1.29, 1.82) is 0 Å². The van der Waals surface area contributed by atoms with Crippen molar-refractivity contribution >= 4 is 17.8 Å². The number of rotatable bonds is 4. The number of methoxy groups -OCH3 is 2. The number of nitrogens with one attached hydrogen (secondary N) is 1. The van der Waals surface area contributed by atoms with E-state index in [0.717, 1.165) is 24.2 Å². The lowest BCUT2D eigenvalue weighted by atomic mass is 10.1. The molecule has 1 aliphatic carbocycles. The molecular weight excluding hydrogens is 280 g/mol. The van der Waals surface area contributed by atoms with E-state index in [9.17, 15) is 4.79 Å². The Bertz CT molecular complexity index is 621. The molecule has 2 aliphatic rings. The smallest absolute Gasteiger partial charge is 0.275 e. The average Bonchev–Trinajstić information content (AvgIpc) is 3.17. The van der Waals surface area contributed by atoms with E-state index >= 15 is 0 Å². The summed E-state index contributed by atoms with van der Waals surface area (Å²) in [6.07, 6.45) is 6.42. The first-order valence-corrected chi connectivity index (χ1v) is 7.54. The van der Waals surface area contributed by atoms with Gasteiger partial charge in [0.25, 0.3) is 5.91 Å². The summed E-state index contributed by atoms with van der Waals surface area (Å²) in [5.74, 6) is 2.45. The lowest BCUT2D eigenvalue weighted by Gasteiger charge is -2.06. The monoisotopic (exact) mass is 300 g/mol. The fraction of sp³-hybridized carbons (Fsp3) is 0.412. The molecule has 1 saturated carbocycles. The van der Waals surface area contributed by atoms with Crippen LogP contribution < -0.4 is 14.8 Å². The van der Waals surface area contributed by atoms with Gasteiger partial charge in [-0.2, -0.15) is 0 Å². The highest BCUT2D eigenvalue weighted by atomic mass is 16.5. The van der Waals surface area contributed by atoms with Crippen molar-refractivity contribution in [3.63, 3.8) is 0 Å². The molecule has 0 saturated heterocycles. The standard InChI is InChI=1S/C17H20N2O3/c1-21-13-7-11(8-14(10-13)22-2)9-15-17(20)19-16(18-15)12-5-3-4-6-12/h7-10,12H,3-6H2,1-2H3,(H,18,19,20)/b15-9+. The molecule has 22 heavy (non-hydrogen) atoms. The number of aliphatic imine (C=N–C) groups is 1. The average molecular weight is 300 g/mol. The van der Waals surface area contributed by atoms with Gasteiger partial charge in [-0.25, -0.2) is 4.99 Å². The van der Waals surface area contributed by atoms with Gasteiger partial charge in [0.1, 0.15) is 23.0 Å². The maximum atomic E-state index is 12.1. The van der Waals surface area contributed by atoms with Gasteiger partial charge in [-0.15, -0.1) is 0 Å². The summed E-state index contributed by atoms with van der Waals surface area (Å²) >= 11 is 0. The predicted octanol–water partition coefficient (Wildman–Crippen LogP) is 2.76. The molecule has 1 fully saturated rings. The summed E-state index contributed by atoms with van der Waals surface area (Å²) in [6, 6.07) is 5.50. The third-order valence-electron chi connectivity index (χ3n) is 4.13. The first-order chi connectivity index (χ1) is 10.7. The third kappa shape index (κ3) is 2.98. The van der Waals surface area contributed by atoms with Gasteiger partial charge in [-0.05, 0) is 36.6 Å². The van der Waals surface area contributed by atoms with Gasteiger partial charge in [-0.3, -0.25) is 4.79 Å². The summed E-state index contributed by atoms with van der Waals surface area (Å²) in [5, 5.41) is 2.90. The van der Waals surface area contributed by atoms with Crippen LogP contribution in [-0.2, 0) is 4.79 Å². The van der Waals surface area contributed by atoms with Crippen molar-refractivity contribution in [2.45, 2.75) is 25.7 Å². The fourth-order valence-electron chi connectivity index (χ4n) is 2.95. The Morgan fingerprint density at radius 3 is 2.36 bits per heavy atom. The molecule has 0 aromatic heterocycles. The van der Waals surface area contributed by atoms with Gasteiger partial charge < -0.3 is 14.8 Å². The van der Waals surface area contributed by atoms with E-state index in [-0.39, 0.29) is 5.91 Å². The highest BCUT2D eigenvalue weighted by Gasteiger charge is 2.28. The second-order valence-corrected chi connectivity index (χ2v) is 5.61. The Morgan fingerprint density at radius 2 is 1.77 bits per heavy atom. The maximum absolute atomic E-state index is 12.1. The van der Waals surface area contributed by atoms with Crippen molar-refractivity contribution in [2.24, 2.45) is 10.9 Å². The van der Waals surface area contributed by atoms with E-state index in [1.807, 2.05) is 12.1 Å². The molecule has 5 nitrogen and oxygen atoms in total. The van der Waals surface area contributed by atoms with Crippen LogP contribution in [0.3, 0.4) is 0 Å². The fourth-order valence-corrected chi connectivity index (χ4v) is 2.95. The van der Waals surface area contributed by atoms with Gasteiger partial charge in [-0.1, -0.05) is 12.8 Å². The molecule has 1 aliphatic heterocycles. The van der Waals surface area contributed by atoms with Crippen LogP contribution in [0.2, 0.25) is 0 Å². The predicted molar refractivity (Wildman–Crippen MR) is 85.1 cm³/mol. The number of ether oxygens (including phenoxy) is 2. The Balaban J connectivity index is 1.89. The first-order valence-electron chi connectivity index (χ1n) is 7.54. The number of nitrogens with zero attached hydrogens (tertiary/aromatic N) is 1. The van der Waals surface area contributed by atoms with E-state index in [0.29, 0.717) is 23.1 Å². The number of carbonyl (C=O) groups is 1. The molecule has 1 heterocycles. The highest BCUT2D eigenvalue weighted by Crippen LogP contribution is 2.29. The Kier molecular flexibility index (Phi) is 4.13.